The first-order valence-electron chi connectivity index (χ1n) is 13.9. The molecule has 0 bridgehead atoms. The molecule has 0 saturated carbocycles. The molecule has 1 heterocycles. The molecule has 0 unspecified atom stereocenters. The Morgan fingerprint density at radius 1 is 0.700 bits per heavy atom. The zero-order valence-electron chi connectivity index (χ0n) is 23.3. The van der Waals surface area contributed by atoms with Gasteiger partial charge in [-0.1, -0.05) is 67.6 Å². The second-order valence-corrected chi connectivity index (χ2v) is 9.81. The second-order valence-electron chi connectivity index (χ2n) is 9.81. The first kappa shape index (κ1) is 27.2. The molecule has 1 aromatic heterocycles. The van der Waals surface area contributed by atoms with Gasteiger partial charge in [-0.25, -0.2) is 4.98 Å². The summed E-state index contributed by atoms with van der Waals surface area (Å²) in [6.07, 6.45) is 1.69. The second kappa shape index (κ2) is 13.6. The molecule has 0 saturated heterocycles. The van der Waals surface area contributed by atoms with Crippen molar-refractivity contribution in [3.8, 4) is 28.7 Å². The minimum absolute atomic E-state index is 0.555. The molecule has 5 aromatic rings. The van der Waals surface area contributed by atoms with Gasteiger partial charge < -0.3 is 13.9 Å². The fraction of sp³-hybridized carbons (Fsp3) is 0.229. The van der Waals surface area contributed by atoms with E-state index in [-0.39, 0.29) is 0 Å². The number of nitrogens with zero attached hydrogens (tertiary/aromatic N) is 2. The molecule has 0 amide bonds. The molecular weight excluding hydrogens is 496 g/mol. The SMILES string of the molecule is CCN(CCc1ccc(OCCc2nc(-c3ccccc3)oc2C)cc1)Cc1ccc(Oc2ccccc2)cc1. The summed E-state index contributed by atoms with van der Waals surface area (Å²) < 4.78 is 17.8. The molecule has 5 nitrogen and oxygen atoms in total. The summed E-state index contributed by atoms with van der Waals surface area (Å²) >= 11 is 0. The van der Waals surface area contributed by atoms with Gasteiger partial charge >= 0.3 is 0 Å². The van der Waals surface area contributed by atoms with E-state index in [0.29, 0.717) is 18.9 Å². The number of likely N-dealkylation sites (N-methyl/N-ethyl adjacent to an activating group) is 1. The van der Waals surface area contributed by atoms with Crippen LogP contribution in [0.3, 0.4) is 0 Å². The number of ether oxygens (including phenoxy) is 2. The summed E-state index contributed by atoms with van der Waals surface area (Å²) in [5.74, 6) is 4.08. The van der Waals surface area contributed by atoms with E-state index in [2.05, 4.69) is 53.2 Å². The fourth-order valence-corrected chi connectivity index (χ4v) is 4.56. The molecule has 0 aliphatic rings. The number of aromatic nitrogens is 1. The Hall–Kier alpha value is -4.35. The lowest BCUT2D eigenvalue weighted by atomic mass is 10.1. The van der Waals surface area contributed by atoms with E-state index in [9.17, 15) is 0 Å². The van der Waals surface area contributed by atoms with Gasteiger partial charge in [0.1, 0.15) is 23.0 Å². The van der Waals surface area contributed by atoms with Gasteiger partial charge in [0.05, 0.1) is 12.3 Å². The maximum absolute atomic E-state index is 6.01. The summed E-state index contributed by atoms with van der Waals surface area (Å²) in [5.41, 5.74) is 4.51. The monoisotopic (exact) mass is 532 g/mol. The Kier molecular flexibility index (Phi) is 9.28. The summed E-state index contributed by atoms with van der Waals surface area (Å²) in [6.45, 7) is 7.63. The lowest BCUT2D eigenvalue weighted by molar-refractivity contribution is 0.283. The van der Waals surface area contributed by atoms with Crippen LogP contribution in [0, 0.1) is 6.92 Å². The van der Waals surface area contributed by atoms with Crippen LogP contribution in [0.4, 0.5) is 0 Å². The van der Waals surface area contributed by atoms with Crippen LogP contribution in [-0.2, 0) is 19.4 Å². The highest BCUT2D eigenvalue weighted by atomic mass is 16.5. The minimum Gasteiger partial charge on any atom is -0.493 e. The molecule has 5 heteroatoms. The summed E-state index contributed by atoms with van der Waals surface area (Å²) in [5, 5.41) is 0. The largest absolute Gasteiger partial charge is 0.493 e. The molecule has 4 aromatic carbocycles. The Bertz CT molecular complexity index is 1450. The Morgan fingerprint density at radius 3 is 2.02 bits per heavy atom. The van der Waals surface area contributed by atoms with Gasteiger partial charge in [-0.15, -0.1) is 0 Å². The first-order valence-corrected chi connectivity index (χ1v) is 13.9. The van der Waals surface area contributed by atoms with Gasteiger partial charge in [0.25, 0.3) is 0 Å². The zero-order chi connectivity index (χ0) is 27.6. The molecule has 0 atom stereocenters. The van der Waals surface area contributed by atoms with Crippen molar-refractivity contribution in [1.29, 1.82) is 0 Å². The van der Waals surface area contributed by atoms with E-state index < -0.39 is 0 Å². The number of hydrogen-bond acceptors (Lipinski definition) is 5. The highest BCUT2D eigenvalue weighted by Gasteiger charge is 2.11. The average Bonchev–Trinajstić information content (AvgIpc) is 3.38. The predicted molar refractivity (Wildman–Crippen MR) is 160 cm³/mol. The highest BCUT2D eigenvalue weighted by molar-refractivity contribution is 5.53. The molecule has 0 aliphatic carbocycles. The molecule has 0 aliphatic heterocycles. The van der Waals surface area contributed by atoms with Crippen molar-refractivity contribution in [3.05, 3.63) is 132 Å². The van der Waals surface area contributed by atoms with Gasteiger partial charge in [-0.3, -0.25) is 4.90 Å². The van der Waals surface area contributed by atoms with Crippen molar-refractivity contribution in [2.45, 2.75) is 33.2 Å². The number of oxazole rings is 1. The normalized spacial score (nSPS) is 11.1. The molecule has 204 valence electrons. The number of aryl methyl sites for hydroxylation is 1. The zero-order valence-corrected chi connectivity index (χ0v) is 23.3. The number of benzene rings is 4. The molecule has 0 fully saturated rings. The van der Waals surface area contributed by atoms with Gasteiger partial charge in [0, 0.05) is 25.1 Å². The van der Waals surface area contributed by atoms with Crippen LogP contribution >= 0.6 is 0 Å². The maximum atomic E-state index is 6.01. The Labute approximate surface area is 237 Å². The van der Waals surface area contributed by atoms with E-state index in [1.165, 1.54) is 11.1 Å². The van der Waals surface area contributed by atoms with Crippen molar-refractivity contribution in [3.63, 3.8) is 0 Å². The lowest BCUT2D eigenvalue weighted by Gasteiger charge is -2.20. The van der Waals surface area contributed by atoms with Crippen LogP contribution in [-0.4, -0.2) is 29.6 Å². The molecule has 0 radical (unpaired) electrons. The van der Waals surface area contributed by atoms with Crippen LogP contribution in [0.2, 0.25) is 0 Å². The number of para-hydroxylation sites is 1. The van der Waals surface area contributed by atoms with Crippen molar-refractivity contribution < 1.29 is 13.9 Å². The predicted octanol–water partition coefficient (Wildman–Crippen LogP) is 8.13. The molecule has 5 rings (SSSR count). The average molecular weight is 533 g/mol. The number of hydrogen-bond donors (Lipinski definition) is 0. The third-order valence-electron chi connectivity index (χ3n) is 6.92. The topological polar surface area (TPSA) is 47.7 Å². The van der Waals surface area contributed by atoms with E-state index in [1.807, 2.05) is 79.7 Å². The lowest BCUT2D eigenvalue weighted by Crippen LogP contribution is -2.25. The summed E-state index contributed by atoms with van der Waals surface area (Å²) in [7, 11) is 0. The van der Waals surface area contributed by atoms with Gasteiger partial charge in [0.15, 0.2) is 0 Å². The number of rotatable bonds is 13. The van der Waals surface area contributed by atoms with Crippen molar-refractivity contribution >= 4 is 0 Å². The maximum Gasteiger partial charge on any atom is 0.226 e. The van der Waals surface area contributed by atoms with E-state index in [0.717, 1.165) is 60.3 Å². The molecule has 0 N–H and O–H groups in total. The Morgan fingerprint density at radius 2 is 1.32 bits per heavy atom. The molecular formula is C35H36N2O3. The van der Waals surface area contributed by atoms with Gasteiger partial charge in [-0.2, -0.15) is 0 Å². The first-order chi connectivity index (χ1) is 19.7. The van der Waals surface area contributed by atoms with Crippen LogP contribution < -0.4 is 9.47 Å². The van der Waals surface area contributed by atoms with Crippen molar-refractivity contribution in [2.24, 2.45) is 0 Å². The third kappa shape index (κ3) is 7.61. The fourth-order valence-electron chi connectivity index (χ4n) is 4.56. The third-order valence-corrected chi connectivity index (χ3v) is 6.92. The van der Waals surface area contributed by atoms with Gasteiger partial charge in [0.2, 0.25) is 5.89 Å². The quantitative estimate of drug-likeness (QED) is 0.153. The smallest absolute Gasteiger partial charge is 0.226 e. The van der Waals surface area contributed by atoms with Crippen LogP contribution in [0.15, 0.2) is 114 Å². The molecule has 40 heavy (non-hydrogen) atoms. The molecule has 0 spiro atoms. The summed E-state index contributed by atoms with van der Waals surface area (Å²) in [6, 6.07) is 36.7. The van der Waals surface area contributed by atoms with Crippen molar-refractivity contribution in [2.75, 3.05) is 19.7 Å². The van der Waals surface area contributed by atoms with Gasteiger partial charge in [-0.05, 0) is 79.5 Å². The minimum atomic E-state index is 0.555. The van der Waals surface area contributed by atoms with E-state index in [4.69, 9.17) is 13.9 Å². The van der Waals surface area contributed by atoms with Crippen LogP contribution in [0.5, 0.6) is 17.2 Å². The highest BCUT2D eigenvalue weighted by Crippen LogP contribution is 2.23. The van der Waals surface area contributed by atoms with Crippen molar-refractivity contribution in [1.82, 2.24) is 9.88 Å². The standard InChI is InChI=1S/C35H36N2O3/c1-3-37(26-29-16-20-33(21-17-29)40-32-12-8-5-9-13-32)24-22-28-14-18-31(19-15-28)38-25-23-34-27(2)39-35(36-34)30-10-6-4-7-11-30/h4-21H,3,22-26H2,1-2H3. The van der Waals surface area contributed by atoms with Crippen LogP contribution in [0.1, 0.15) is 29.5 Å². The van der Waals surface area contributed by atoms with E-state index >= 15 is 0 Å². The Balaban J connectivity index is 1.06. The van der Waals surface area contributed by atoms with E-state index in [1.54, 1.807) is 0 Å². The summed E-state index contributed by atoms with van der Waals surface area (Å²) in [4.78, 5) is 7.13. The van der Waals surface area contributed by atoms with Crippen LogP contribution in [0.25, 0.3) is 11.5 Å².